The van der Waals surface area contributed by atoms with Crippen LogP contribution in [0.3, 0.4) is 0 Å². The van der Waals surface area contributed by atoms with E-state index in [1.54, 1.807) is 0 Å². The molecule has 0 aliphatic rings. The van der Waals surface area contributed by atoms with Crippen molar-refractivity contribution in [3.63, 3.8) is 0 Å². The van der Waals surface area contributed by atoms with E-state index in [2.05, 4.69) is 81.5 Å². The summed E-state index contributed by atoms with van der Waals surface area (Å²) in [5.41, 5.74) is 0. The van der Waals surface area contributed by atoms with Crippen molar-refractivity contribution in [3.8, 4) is 0 Å². The minimum absolute atomic E-state index is 0.0716. The molecule has 0 aliphatic heterocycles. The molecule has 442 valence electrons. The van der Waals surface area contributed by atoms with Crippen molar-refractivity contribution in [2.24, 2.45) is 0 Å². The zero-order chi connectivity index (χ0) is 55.0. The summed E-state index contributed by atoms with van der Waals surface area (Å²) in [6, 6.07) is 0. The quantitative estimate of drug-likeness (QED) is 0.0261. The highest BCUT2D eigenvalue weighted by Crippen LogP contribution is 2.18. The fourth-order valence-corrected chi connectivity index (χ4v) is 9.79. The number of esters is 3. The highest BCUT2D eigenvalue weighted by molar-refractivity contribution is 5.71. The molecule has 0 aliphatic carbocycles. The van der Waals surface area contributed by atoms with Gasteiger partial charge in [0, 0.05) is 19.3 Å². The third kappa shape index (κ3) is 62.0. The van der Waals surface area contributed by atoms with Crippen molar-refractivity contribution in [1.82, 2.24) is 0 Å². The Balaban J connectivity index is 3.96. The Bertz CT molecular complexity index is 1360. The second-order valence-electron chi connectivity index (χ2n) is 22.4. The van der Waals surface area contributed by atoms with Gasteiger partial charge in [-0.2, -0.15) is 0 Å². The molecule has 0 aromatic carbocycles. The first kappa shape index (κ1) is 73.1. The zero-order valence-corrected chi connectivity index (χ0v) is 50.8. The molecule has 0 aromatic rings. The highest BCUT2D eigenvalue weighted by atomic mass is 16.6. The van der Waals surface area contributed by atoms with Crippen LogP contribution in [0, 0.1) is 0 Å². The molecule has 0 N–H and O–H groups in total. The normalized spacial score (nSPS) is 12.4. The fourth-order valence-electron chi connectivity index (χ4n) is 9.79. The lowest BCUT2D eigenvalue weighted by molar-refractivity contribution is -0.167. The van der Waals surface area contributed by atoms with Gasteiger partial charge in [0.2, 0.25) is 0 Å². The summed E-state index contributed by atoms with van der Waals surface area (Å²) < 4.78 is 16.8. The van der Waals surface area contributed by atoms with Gasteiger partial charge in [-0.25, -0.2) is 0 Å². The van der Waals surface area contributed by atoms with Gasteiger partial charge in [0.1, 0.15) is 13.2 Å². The summed E-state index contributed by atoms with van der Waals surface area (Å²) in [7, 11) is 0. The number of carbonyl (C=O) groups is 3. The molecule has 0 saturated heterocycles. The summed E-state index contributed by atoms with van der Waals surface area (Å²) in [4.78, 5) is 38.1. The Labute approximate surface area is 472 Å². The van der Waals surface area contributed by atoms with Gasteiger partial charge in [-0.3, -0.25) is 14.4 Å². The zero-order valence-electron chi connectivity index (χ0n) is 50.8. The van der Waals surface area contributed by atoms with E-state index < -0.39 is 6.10 Å². The van der Waals surface area contributed by atoms with Crippen LogP contribution in [-0.4, -0.2) is 37.2 Å². The first-order chi connectivity index (χ1) is 37.5. The summed E-state index contributed by atoms with van der Waals surface area (Å²) in [6.45, 7) is 6.53. The van der Waals surface area contributed by atoms with Crippen LogP contribution in [0.1, 0.15) is 348 Å². The van der Waals surface area contributed by atoms with Crippen LogP contribution in [0.5, 0.6) is 0 Å². The molecule has 0 aromatic heterocycles. The van der Waals surface area contributed by atoms with Gasteiger partial charge < -0.3 is 14.2 Å². The second kappa shape index (κ2) is 64.6. The molecule has 0 spiro atoms. The standard InChI is InChI=1S/C70H126O6/c1-4-7-10-13-16-19-21-23-25-26-27-28-29-30-31-32-33-34-35-36-37-38-39-40-41-42-43-44-46-47-49-51-54-57-60-63-69(72)75-66-67(65-74-68(71)62-59-56-53-18-15-12-9-6-3)76-70(73)64-61-58-55-52-50-48-45-24-22-20-17-14-11-8-5-2/h7,10,16,19,23-25,27-28,45,67H,4-6,8-9,11-15,17-18,20-22,26,29-44,46-66H2,1-3H3/b10-7-,19-16-,25-23-,28-27-,45-24-. The van der Waals surface area contributed by atoms with E-state index in [0.717, 1.165) is 89.9 Å². The van der Waals surface area contributed by atoms with Gasteiger partial charge >= 0.3 is 17.9 Å². The first-order valence-corrected chi connectivity index (χ1v) is 33.3. The highest BCUT2D eigenvalue weighted by Gasteiger charge is 2.19. The Kier molecular flexibility index (Phi) is 62.2. The molecule has 0 saturated carbocycles. The maximum atomic E-state index is 12.8. The van der Waals surface area contributed by atoms with Gasteiger partial charge in [0.15, 0.2) is 6.10 Å². The topological polar surface area (TPSA) is 78.9 Å². The second-order valence-corrected chi connectivity index (χ2v) is 22.4. The summed E-state index contributed by atoms with van der Waals surface area (Å²) in [5, 5.41) is 0. The van der Waals surface area contributed by atoms with E-state index in [-0.39, 0.29) is 31.1 Å². The molecule has 1 atom stereocenters. The minimum Gasteiger partial charge on any atom is -0.462 e. The SMILES string of the molecule is CC/C=C\C/C=C\C/C=C\C/C=C\CCCCCCCCCCCCCCCCCCCCCCCCC(=O)OCC(COC(=O)CCCCCCCCCC)OC(=O)CCCCCCC/C=C\CCCCCCCC. The number of carbonyl (C=O) groups excluding carboxylic acids is 3. The Morgan fingerprint density at radius 2 is 0.513 bits per heavy atom. The van der Waals surface area contributed by atoms with E-state index in [1.165, 1.54) is 218 Å². The van der Waals surface area contributed by atoms with Crippen molar-refractivity contribution in [2.75, 3.05) is 13.2 Å². The number of rotatable bonds is 61. The molecule has 0 radical (unpaired) electrons. The molecule has 6 nitrogen and oxygen atoms in total. The van der Waals surface area contributed by atoms with Gasteiger partial charge in [-0.05, 0) is 83.5 Å². The Morgan fingerprint density at radius 1 is 0.276 bits per heavy atom. The van der Waals surface area contributed by atoms with Gasteiger partial charge in [-0.1, -0.05) is 306 Å². The van der Waals surface area contributed by atoms with E-state index >= 15 is 0 Å². The largest absolute Gasteiger partial charge is 0.462 e. The van der Waals surface area contributed by atoms with E-state index in [4.69, 9.17) is 14.2 Å². The molecule has 1 unspecified atom stereocenters. The molecule has 0 rings (SSSR count). The van der Waals surface area contributed by atoms with Crippen molar-refractivity contribution in [2.45, 2.75) is 354 Å². The van der Waals surface area contributed by atoms with E-state index in [0.29, 0.717) is 19.3 Å². The van der Waals surface area contributed by atoms with Crippen LogP contribution in [0.25, 0.3) is 0 Å². The summed E-state index contributed by atoms with van der Waals surface area (Å²) >= 11 is 0. The average molecular weight is 1060 g/mol. The van der Waals surface area contributed by atoms with E-state index in [1.807, 2.05) is 0 Å². The molecule has 0 amide bonds. The molecular weight excluding hydrogens is 937 g/mol. The lowest BCUT2D eigenvalue weighted by Gasteiger charge is -2.18. The van der Waals surface area contributed by atoms with Crippen LogP contribution >= 0.6 is 0 Å². The average Bonchev–Trinajstić information content (AvgIpc) is 3.42. The predicted octanol–water partition coefficient (Wildman–Crippen LogP) is 22.7. The first-order valence-electron chi connectivity index (χ1n) is 33.3. The number of unbranched alkanes of at least 4 members (excludes halogenated alkanes) is 40. The Morgan fingerprint density at radius 3 is 0.816 bits per heavy atom. The maximum Gasteiger partial charge on any atom is 0.306 e. The molecule has 0 heterocycles. The number of hydrogen-bond acceptors (Lipinski definition) is 6. The predicted molar refractivity (Wildman–Crippen MR) is 330 cm³/mol. The minimum atomic E-state index is -0.772. The van der Waals surface area contributed by atoms with Crippen LogP contribution in [0.15, 0.2) is 60.8 Å². The fraction of sp³-hybridized carbons (Fsp3) is 0.814. The summed E-state index contributed by atoms with van der Waals surface area (Å²) in [5.74, 6) is -0.866. The van der Waals surface area contributed by atoms with Crippen molar-refractivity contribution >= 4 is 17.9 Å². The summed E-state index contributed by atoms with van der Waals surface area (Å²) in [6.07, 6.45) is 82.8. The van der Waals surface area contributed by atoms with E-state index in [9.17, 15) is 14.4 Å². The van der Waals surface area contributed by atoms with Crippen molar-refractivity contribution in [1.29, 1.82) is 0 Å². The van der Waals surface area contributed by atoms with Crippen LogP contribution in [0.2, 0.25) is 0 Å². The molecule has 0 fully saturated rings. The maximum absolute atomic E-state index is 12.8. The number of allylic oxidation sites excluding steroid dienone is 10. The molecule has 0 bridgehead atoms. The van der Waals surface area contributed by atoms with Gasteiger partial charge in [0.05, 0.1) is 0 Å². The molecular formula is C70H126O6. The van der Waals surface area contributed by atoms with Crippen LogP contribution < -0.4 is 0 Å². The molecule has 76 heavy (non-hydrogen) atoms. The lowest BCUT2D eigenvalue weighted by atomic mass is 10.0. The monoisotopic (exact) mass is 1060 g/mol. The van der Waals surface area contributed by atoms with Crippen molar-refractivity contribution in [3.05, 3.63) is 60.8 Å². The lowest BCUT2D eigenvalue weighted by Crippen LogP contribution is -2.30. The number of hydrogen-bond donors (Lipinski definition) is 0. The van der Waals surface area contributed by atoms with Gasteiger partial charge in [-0.15, -0.1) is 0 Å². The third-order valence-electron chi connectivity index (χ3n) is 14.8. The smallest absolute Gasteiger partial charge is 0.306 e. The van der Waals surface area contributed by atoms with Crippen LogP contribution in [0.4, 0.5) is 0 Å². The number of ether oxygens (including phenoxy) is 3. The van der Waals surface area contributed by atoms with Gasteiger partial charge in [0.25, 0.3) is 0 Å². The third-order valence-corrected chi connectivity index (χ3v) is 14.8. The van der Waals surface area contributed by atoms with Crippen LogP contribution in [-0.2, 0) is 28.6 Å². The van der Waals surface area contributed by atoms with Crippen molar-refractivity contribution < 1.29 is 28.6 Å². The molecule has 6 heteroatoms. The Hall–Kier alpha value is -2.89.